The van der Waals surface area contributed by atoms with Crippen LogP contribution in [0.2, 0.25) is 5.02 Å². The molecule has 0 saturated heterocycles. The minimum Gasteiger partial charge on any atom is -0.493 e. The number of anilines is 1. The fourth-order valence-corrected chi connectivity index (χ4v) is 3.05. The lowest BCUT2D eigenvalue weighted by atomic mass is 10.2. The van der Waals surface area contributed by atoms with Crippen molar-refractivity contribution < 1.29 is 19.1 Å². The molecule has 0 spiro atoms. The zero-order valence-electron chi connectivity index (χ0n) is 17.0. The van der Waals surface area contributed by atoms with Crippen molar-refractivity contribution in [2.45, 2.75) is 6.61 Å². The van der Waals surface area contributed by atoms with Gasteiger partial charge in [0.2, 0.25) is 0 Å². The lowest BCUT2D eigenvalue weighted by molar-refractivity contribution is -0.136. The molecule has 0 unspecified atom stereocenters. The van der Waals surface area contributed by atoms with Gasteiger partial charge in [-0.25, -0.2) is 5.43 Å². The molecule has 0 radical (unpaired) electrons. The largest absolute Gasteiger partial charge is 0.493 e. The number of benzene rings is 3. The highest BCUT2D eigenvalue weighted by molar-refractivity contribution is 9.10. The summed E-state index contributed by atoms with van der Waals surface area (Å²) >= 11 is 9.26. The number of hydrogen-bond donors (Lipinski definition) is 2. The molecule has 0 aliphatic rings. The lowest BCUT2D eigenvalue weighted by Crippen LogP contribution is -2.32. The summed E-state index contributed by atoms with van der Waals surface area (Å²) in [7, 11) is 1.53. The van der Waals surface area contributed by atoms with Gasteiger partial charge in [-0.3, -0.25) is 9.59 Å². The fourth-order valence-electron chi connectivity index (χ4n) is 2.60. The van der Waals surface area contributed by atoms with Crippen LogP contribution in [0.25, 0.3) is 0 Å². The highest BCUT2D eigenvalue weighted by atomic mass is 79.9. The van der Waals surface area contributed by atoms with Crippen molar-refractivity contribution in [2.24, 2.45) is 5.10 Å². The quantitative estimate of drug-likeness (QED) is 0.269. The Morgan fingerprint density at radius 1 is 1.03 bits per heavy atom. The van der Waals surface area contributed by atoms with E-state index in [1.165, 1.54) is 19.4 Å². The first-order chi connectivity index (χ1) is 15.4. The van der Waals surface area contributed by atoms with Gasteiger partial charge in [0, 0.05) is 15.2 Å². The molecule has 7 nitrogen and oxygen atoms in total. The number of ether oxygens (including phenoxy) is 2. The van der Waals surface area contributed by atoms with E-state index in [2.05, 4.69) is 31.8 Å². The molecule has 164 valence electrons. The molecule has 32 heavy (non-hydrogen) atoms. The first-order valence-electron chi connectivity index (χ1n) is 9.40. The zero-order valence-corrected chi connectivity index (χ0v) is 19.3. The standard InChI is InChI=1S/C23H19BrClN3O4/c1-31-21-11-16(7-10-20(21)32-14-15-5-8-17(24)9-6-15)13-26-28-23(30)22(29)27-19-4-2-3-18(25)12-19/h2-13H,14H2,1H3,(H,27,29)(H,28,30)/b26-13-. The van der Waals surface area contributed by atoms with Crippen LogP contribution in [0.4, 0.5) is 5.69 Å². The molecule has 3 aromatic rings. The number of amides is 2. The summed E-state index contributed by atoms with van der Waals surface area (Å²) < 4.78 is 12.2. The molecule has 0 aliphatic carbocycles. The molecule has 0 bridgehead atoms. The average Bonchev–Trinajstić information content (AvgIpc) is 2.79. The Morgan fingerprint density at radius 3 is 2.53 bits per heavy atom. The van der Waals surface area contributed by atoms with Gasteiger partial charge in [0.05, 0.1) is 13.3 Å². The Kier molecular flexibility index (Phi) is 8.24. The molecule has 0 saturated carbocycles. The summed E-state index contributed by atoms with van der Waals surface area (Å²) in [5.74, 6) is -0.699. The van der Waals surface area contributed by atoms with Crippen LogP contribution in [-0.4, -0.2) is 25.1 Å². The molecular weight excluding hydrogens is 498 g/mol. The highest BCUT2D eigenvalue weighted by Crippen LogP contribution is 2.28. The number of methoxy groups -OCH3 is 1. The third-order valence-electron chi connectivity index (χ3n) is 4.16. The summed E-state index contributed by atoms with van der Waals surface area (Å²) in [6, 6.07) is 19.5. The third kappa shape index (κ3) is 6.83. The Bertz CT molecular complexity index is 1140. The van der Waals surface area contributed by atoms with Gasteiger partial charge in [-0.15, -0.1) is 0 Å². The average molecular weight is 517 g/mol. The Labute approximate surface area is 198 Å². The maximum atomic E-state index is 11.9. The first-order valence-corrected chi connectivity index (χ1v) is 10.6. The van der Waals surface area contributed by atoms with Crippen molar-refractivity contribution in [1.82, 2.24) is 5.43 Å². The summed E-state index contributed by atoms with van der Waals surface area (Å²) in [5, 5.41) is 6.70. The number of nitrogens with zero attached hydrogens (tertiary/aromatic N) is 1. The Hall–Kier alpha value is -3.36. The van der Waals surface area contributed by atoms with Gasteiger partial charge in [0.15, 0.2) is 11.5 Å². The van der Waals surface area contributed by atoms with E-state index in [-0.39, 0.29) is 0 Å². The smallest absolute Gasteiger partial charge is 0.329 e. The second kappa shape index (κ2) is 11.3. The summed E-state index contributed by atoms with van der Waals surface area (Å²) in [6.07, 6.45) is 1.39. The van der Waals surface area contributed by atoms with Crippen molar-refractivity contribution in [1.29, 1.82) is 0 Å². The van der Waals surface area contributed by atoms with Crippen LogP contribution < -0.4 is 20.2 Å². The van der Waals surface area contributed by atoms with Crippen LogP contribution in [0.3, 0.4) is 0 Å². The van der Waals surface area contributed by atoms with Crippen LogP contribution in [0.15, 0.2) is 76.3 Å². The van der Waals surface area contributed by atoms with Crippen LogP contribution >= 0.6 is 27.5 Å². The SMILES string of the molecule is COc1cc(/C=N\NC(=O)C(=O)Nc2cccc(Cl)c2)ccc1OCc1ccc(Br)cc1. The van der Waals surface area contributed by atoms with Crippen molar-refractivity contribution in [3.05, 3.63) is 87.4 Å². The van der Waals surface area contributed by atoms with Crippen LogP contribution in [0.5, 0.6) is 11.5 Å². The van der Waals surface area contributed by atoms with Gasteiger partial charge in [-0.2, -0.15) is 5.10 Å². The number of carbonyl (C=O) groups is 2. The van der Waals surface area contributed by atoms with Crippen molar-refractivity contribution >= 4 is 51.2 Å². The molecule has 3 aromatic carbocycles. The molecule has 2 amide bonds. The summed E-state index contributed by atoms with van der Waals surface area (Å²) in [4.78, 5) is 23.9. The molecule has 9 heteroatoms. The van der Waals surface area contributed by atoms with Crippen LogP contribution in [0, 0.1) is 0 Å². The van der Waals surface area contributed by atoms with Crippen LogP contribution in [0.1, 0.15) is 11.1 Å². The number of halogens is 2. The van der Waals surface area contributed by atoms with Gasteiger partial charge in [-0.1, -0.05) is 45.7 Å². The van der Waals surface area contributed by atoms with E-state index in [9.17, 15) is 9.59 Å². The maximum absolute atomic E-state index is 11.9. The van der Waals surface area contributed by atoms with E-state index in [1.807, 2.05) is 24.3 Å². The monoisotopic (exact) mass is 515 g/mol. The van der Waals surface area contributed by atoms with Gasteiger partial charge in [0.25, 0.3) is 0 Å². The number of hydrazone groups is 1. The summed E-state index contributed by atoms with van der Waals surface area (Å²) in [5.41, 5.74) is 4.25. The van der Waals surface area contributed by atoms with E-state index in [4.69, 9.17) is 21.1 Å². The molecule has 0 fully saturated rings. The topological polar surface area (TPSA) is 89.0 Å². The minimum absolute atomic E-state index is 0.384. The van der Waals surface area contributed by atoms with E-state index in [0.29, 0.717) is 34.4 Å². The number of hydrogen-bond acceptors (Lipinski definition) is 5. The maximum Gasteiger partial charge on any atom is 0.329 e. The molecule has 2 N–H and O–H groups in total. The molecular formula is C23H19BrClN3O4. The molecule has 3 rings (SSSR count). The number of carbonyl (C=O) groups excluding carboxylic acids is 2. The Balaban J connectivity index is 1.56. The second-order valence-corrected chi connectivity index (χ2v) is 7.84. The van der Waals surface area contributed by atoms with Gasteiger partial charge < -0.3 is 14.8 Å². The predicted octanol–water partition coefficient (Wildman–Crippen LogP) is 4.78. The zero-order chi connectivity index (χ0) is 22.9. The fraction of sp³-hybridized carbons (Fsp3) is 0.0870. The number of nitrogens with one attached hydrogen (secondary N) is 2. The van der Waals surface area contributed by atoms with Crippen molar-refractivity contribution in [2.75, 3.05) is 12.4 Å². The first kappa shape index (κ1) is 23.3. The lowest BCUT2D eigenvalue weighted by Gasteiger charge is -2.11. The molecule has 0 atom stereocenters. The van der Waals surface area contributed by atoms with Gasteiger partial charge in [-0.05, 0) is 59.7 Å². The van der Waals surface area contributed by atoms with Crippen molar-refractivity contribution in [3.8, 4) is 11.5 Å². The second-order valence-electron chi connectivity index (χ2n) is 6.49. The molecule has 0 aliphatic heterocycles. The normalized spacial score (nSPS) is 10.6. The van der Waals surface area contributed by atoms with E-state index in [0.717, 1.165) is 10.0 Å². The van der Waals surface area contributed by atoms with Gasteiger partial charge in [0.1, 0.15) is 6.61 Å². The predicted molar refractivity (Wildman–Crippen MR) is 127 cm³/mol. The Morgan fingerprint density at radius 2 is 1.81 bits per heavy atom. The van der Waals surface area contributed by atoms with E-state index < -0.39 is 11.8 Å². The third-order valence-corrected chi connectivity index (χ3v) is 4.93. The van der Waals surface area contributed by atoms with Crippen LogP contribution in [-0.2, 0) is 16.2 Å². The highest BCUT2D eigenvalue weighted by Gasteiger charge is 2.13. The summed E-state index contributed by atoms with van der Waals surface area (Å²) in [6.45, 7) is 0.384. The van der Waals surface area contributed by atoms with E-state index >= 15 is 0 Å². The van der Waals surface area contributed by atoms with Gasteiger partial charge >= 0.3 is 11.8 Å². The molecule has 0 aromatic heterocycles. The van der Waals surface area contributed by atoms with Crippen molar-refractivity contribution in [3.63, 3.8) is 0 Å². The van der Waals surface area contributed by atoms with E-state index in [1.54, 1.807) is 36.4 Å². The minimum atomic E-state index is -0.914. The number of rotatable bonds is 7. The molecule has 0 heterocycles.